The molecular weight excluding hydrogens is 184 g/mol. The third-order valence-electron chi connectivity index (χ3n) is 1.58. The summed E-state index contributed by atoms with van der Waals surface area (Å²) in [4.78, 5) is 0. The summed E-state index contributed by atoms with van der Waals surface area (Å²) in [5, 5.41) is 0.763. The van der Waals surface area contributed by atoms with Crippen LogP contribution in [0.4, 0.5) is 0 Å². The van der Waals surface area contributed by atoms with E-state index in [4.69, 9.17) is 16.3 Å². The van der Waals surface area contributed by atoms with Gasteiger partial charge < -0.3 is 4.74 Å². The van der Waals surface area contributed by atoms with Gasteiger partial charge >= 0.3 is 0 Å². The molecule has 13 heavy (non-hydrogen) atoms. The molecule has 1 aromatic rings. The van der Waals surface area contributed by atoms with Crippen molar-refractivity contribution in [2.24, 2.45) is 0 Å². The van der Waals surface area contributed by atoms with Crippen LogP contribution >= 0.6 is 11.6 Å². The maximum atomic E-state index is 5.82. The summed E-state index contributed by atoms with van der Waals surface area (Å²) < 4.78 is 5.17. The summed E-state index contributed by atoms with van der Waals surface area (Å²) in [6, 6.07) is 7.72. The maximum absolute atomic E-state index is 5.82. The molecule has 0 aliphatic rings. The molecule has 1 aromatic carbocycles. The van der Waals surface area contributed by atoms with E-state index in [2.05, 4.69) is 0 Å². The topological polar surface area (TPSA) is 9.23 Å². The zero-order valence-corrected chi connectivity index (χ0v) is 8.42. The average Bonchev–Trinajstić information content (AvgIpc) is 2.13. The van der Waals surface area contributed by atoms with E-state index in [9.17, 15) is 0 Å². The summed E-state index contributed by atoms with van der Waals surface area (Å²) in [5.74, 6) is 0. The van der Waals surface area contributed by atoms with E-state index in [1.54, 1.807) is 0 Å². The second-order valence-corrected chi connectivity index (χ2v) is 3.05. The molecule has 0 radical (unpaired) electrons. The molecule has 0 amide bonds. The fourth-order valence-corrected chi connectivity index (χ4v) is 1.18. The average molecular weight is 197 g/mol. The minimum atomic E-state index is 0.656. The molecule has 0 atom stereocenters. The van der Waals surface area contributed by atoms with E-state index in [0.29, 0.717) is 6.61 Å². The van der Waals surface area contributed by atoms with E-state index in [1.807, 2.05) is 43.3 Å². The van der Waals surface area contributed by atoms with Crippen LogP contribution in [-0.2, 0) is 4.74 Å². The fourth-order valence-electron chi connectivity index (χ4n) is 0.980. The van der Waals surface area contributed by atoms with Gasteiger partial charge in [0.2, 0.25) is 0 Å². The van der Waals surface area contributed by atoms with Crippen molar-refractivity contribution in [3.8, 4) is 0 Å². The number of benzene rings is 1. The van der Waals surface area contributed by atoms with Crippen molar-refractivity contribution in [2.75, 3.05) is 13.2 Å². The van der Waals surface area contributed by atoms with Crippen molar-refractivity contribution in [3.05, 3.63) is 40.9 Å². The number of hydrogen-bond donors (Lipinski definition) is 0. The van der Waals surface area contributed by atoms with Crippen LogP contribution in [0.1, 0.15) is 12.5 Å². The number of halogens is 1. The molecule has 0 aliphatic carbocycles. The lowest BCUT2D eigenvalue weighted by molar-refractivity contribution is 0.178. The van der Waals surface area contributed by atoms with Crippen LogP contribution in [0, 0.1) is 0 Å². The maximum Gasteiger partial charge on any atom is 0.0650 e. The molecular formula is C11H13ClO. The Morgan fingerprint density at radius 3 is 3.00 bits per heavy atom. The zero-order valence-electron chi connectivity index (χ0n) is 7.66. The Kier molecular flexibility index (Phi) is 4.58. The van der Waals surface area contributed by atoms with Gasteiger partial charge in [0.25, 0.3) is 0 Å². The Balaban J connectivity index is 2.48. The van der Waals surface area contributed by atoms with Crippen LogP contribution in [0.25, 0.3) is 6.08 Å². The number of ether oxygens (including phenoxy) is 1. The van der Waals surface area contributed by atoms with E-state index in [0.717, 1.165) is 17.2 Å². The number of rotatable bonds is 4. The predicted octanol–water partition coefficient (Wildman–Crippen LogP) is 3.39. The molecule has 0 aliphatic heterocycles. The van der Waals surface area contributed by atoms with Crippen molar-refractivity contribution in [2.45, 2.75) is 6.92 Å². The minimum absolute atomic E-state index is 0.656. The summed E-state index contributed by atoms with van der Waals surface area (Å²) in [7, 11) is 0. The SMILES string of the molecule is CCOCC=Cc1cccc(Cl)c1. The lowest BCUT2D eigenvalue weighted by atomic mass is 10.2. The highest BCUT2D eigenvalue weighted by Crippen LogP contribution is 2.11. The molecule has 70 valence electrons. The summed E-state index contributed by atoms with van der Waals surface area (Å²) in [5.41, 5.74) is 1.10. The van der Waals surface area contributed by atoms with Crippen LogP contribution in [-0.4, -0.2) is 13.2 Å². The van der Waals surface area contributed by atoms with Gasteiger partial charge in [0.1, 0.15) is 0 Å². The molecule has 0 fully saturated rings. The standard InChI is InChI=1S/C11H13ClO/c1-2-13-8-4-6-10-5-3-7-11(12)9-10/h3-7,9H,2,8H2,1H3. The highest BCUT2D eigenvalue weighted by Gasteiger charge is 1.87. The highest BCUT2D eigenvalue weighted by molar-refractivity contribution is 6.30. The lowest BCUT2D eigenvalue weighted by Crippen LogP contribution is -1.87. The van der Waals surface area contributed by atoms with Crippen LogP contribution in [0.15, 0.2) is 30.3 Å². The zero-order chi connectivity index (χ0) is 9.52. The molecule has 0 N–H and O–H groups in total. The predicted molar refractivity (Wildman–Crippen MR) is 57.0 cm³/mol. The van der Waals surface area contributed by atoms with Gasteiger partial charge in [0.15, 0.2) is 0 Å². The molecule has 0 saturated carbocycles. The first-order valence-corrected chi connectivity index (χ1v) is 4.70. The van der Waals surface area contributed by atoms with Crippen molar-refractivity contribution in [1.29, 1.82) is 0 Å². The Bertz CT molecular complexity index is 281. The fraction of sp³-hybridized carbons (Fsp3) is 0.273. The largest absolute Gasteiger partial charge is 0.378 e. The molecule has 0 bridgehead atoms. The van der Waals surface area contributed by atoms with Gasteiger partial charge in [-0.15, -0.1) is 0 Å². The summed E-state index contributed by atoms with van der Waals surface area (Å²) in [6.07, 6.45) is 3.98. The van der Waals surface area contributed by atoms with Crippen LogP contribution in [0.3, 0.4) is 0 Å². The normalized spacial score (nSPS) is 10.9. The molecule has 0 spiro atoms. The van der Waals surface area contributed by atoms with Gasteiger partial charge in [0.05, 0.1) is 6.61 Å². The summed E-state index contributed by atoms with van der Waals surface area (Å²) >= 11 is 5.82. The monoisotopic (exact) mass is 196 g/mol. The van der Waals surface area contributed by atoms with Gasteiger partial charge in [-0.2, -0.15) is 0 Å². The Hall–Kier alpha value is -0.790. The van der Waals surface area contributed by atoms with Gasteiger partial charge in [-0.1, -0.05) is 35.9 Å². The molecule has 0 unspecified atom stereocenters. The molecule has 1 nitrogen and oxygen atoms in total. The first kappa shape index (κ1) is 10.3. The quantitative estimate of drug-likeness (QED) is 0.671. The molecule has 0 heterocycles. The molecule has 1 rings (SSSR count). The van der Waals surface area contributed by atoms with Gasteiger partial charge in [-0.05, 0) is 24.6 Å². The van der Waals surface area contributed by atoms with Crippen LogP contribution in [0.5, 0.6) is 0 Å². The first-order chi connectivity index (χ1) is 6.33. The van der Waals surface area contributed by atoms with Gasteiger partial charge in [-0.3, -0.25) is 0 Å². The van der Waals surface area contributed by atoms with E-state index in [-0.39, 0.29) is 0 Å². The Morgan fingerprint density at radius 1 is 1.46 bits per heavy atom. The van der Waals surface area contributed by atoms with Gasteiger partial charge in [0, 0.05) is 11.6 Å². The van der Waals surface area contributed by atoms with Gasteiger partial charge in [-0.25, -0.2) is 0 Å². The van der Waals surface area contributed by atoms with Crippen molar-refractivity contribution in [1.82, 2.24) is 0 Å². The molecule has 0 aromatic heterocycles. The number of hydrogen-bond acceptors (Lipinski definition) is 1. The second-order valence-electron chi connectivity index (χ2n) is 2.62. The summed E-state index contributed by atoms with van der Waals surface area (Å²) in [6.45, 7) is 3.39. The van der Waals surface area contributed by atoms with Crippen LogP contribution < -0.4 is 0 Å². The van der Waals surface area contributed by atoms with Crippen LogP contribution in [0.2, 0.25) is 5.02 Å². The first-order valence-electron chi connectivity index (χ1n) is 4.33. The highest BCUT2D eigenvalue weighted by atomic mass is 35.5. The second kappa shape index (κ2) is 5.79. The van der Waals surface area contributed by atoms with E-state index >= 15 is 0 Å². The Morgan fingerprint density at radius 2 is 2.31 bits per heavy atom. The smallest absolute Gasteiger partial charge is 0.0650 e. The Labute approximate surface area is 84.0 Å². The third-order valence-corrected chi connectivity index (χ3v) is 1.81. The lowest BCUT2D eigenvalue weighted by Gasteiger charge is -1.95. The van der Waals surface area contributed by atoms with Crippen molar-refractivity contribution in [3.63, 3.8) is 0 Å². The van der Waals surface area contributed by atoms with Crippen molar-refractivity contribution < 1.29 is 4.74 Å². The molecule has 2 heteroatoms. The van der Waals surface area contributed by atoms with E-state index < -0.39 is 0 Å². The minimum Gasteiger partial charge on any atom is -0.378 e. The van der Waals surface area contributed by atoms with Crippen molar-refractivity contribution >= 4 is 17.7 Å². The molecule has 0 saturated heterocycles. The third kappa shape index (κ3) is 4.11. The van der Waals surface area contributed by atoms with E-state index in [1.165, 1.54) is 0 Å².